The molecule has 0 unspecified atom stereocenters. The van der Waals surface area contributed by atoms with Gasteiger partial charge < -0.3 is 10.6 Å². The van der Waals surface area contributed by atoms with E-state index in [-0.39, 0.29) is 11.8 Å². The number of carbonyl (C=O) groups is 2. The molecule has 3 rings (SSSR count). The summed E-state index contributed by atoms with van der Waals surface area (Å²) in [6.45, 7) is 4.49. The third kappa shape index (κ3) is 5.04. The summed E-state index contributed by atoms with van der Waals surface area (Å²) < 4.78 is 0. The van der Waals surface area contributed by atoms with Gasteiger partial charge in [0.05, 0.1) is 11.1 Å². The standard InChI is InChI=1S/C23H24N4O2/c1-3-17-6-5-7-18(4-2)21(17)27-23(29)20-12-19(14-25-15-20)22(28)26-13-16-8-10-24-11-9-16/h5-12,14-15H,3-4,13H2,1-2H3,(H,26,28)(H,27,29). The first-order valence-corrected chi connectivity index (χ1v) is 9.66. The highest BCUT2D eigenvalue weighted by molar-refractivity contribution is 6.06. The molecule has 2 aromatic heterocycles. The summed E-state index contributed by atoms with van der Waals surface area (Å²) >= 11 is 0. The molecule has 0 atom stereocenters. The second kappa shape index (κ2) is 9.59. The highest BCUT2D eigenvalue weighted by Crippen LogP contribution is 2.23. The number of hydrogen-bond donors (Lipinski definition) is 2. The molecule has 0 saturated heterocycles. The highest BCUT2D eigenvalue weighted by Gasteiger charge is 2.14. The number of para-hydroxylation sites is 1. The topological polar surface area (TPSA) is 84.0 Å². The van der Waals surface area contributed by atoms with E-state index in [2.05, 4.69) is 34.4 Å². The number of anilines is 1. The van der Waals surface area contributed by atoms with Crippen molar-refractivity contribution < 1.29 is 9.59 Å². The largest absolute Gasteiger partial charge is 0.348 e. The molecule has 0 saturated carbocycles. The van der Waals surface area contributed by atoms with Crippen molar-refractivity contribution in [2.24, 2.45) is 0 Å². The molecule has 0 bridgehead atoms. The number of benzene rings is 1. The molecule has 6 nitrogen and oxygen atoms in total. The van der Waals surface area contributed by atoms with Gasteiger partial charge in [-0.05, 0) is 47.7 Å². The molecule has 0 aliphatic carbocycles. The molecule has 29 heavy (non-hydrogen) atoms. The van der Waals surface area contributed by atoms with Gasteiger partial charge in [-0.3, -0.25) is 19.6 Å². The molecule has 2 heterocycles. The zero-order valence-electron chi connectivity index (χ0n) is 16.6. The van der Waals surface area contributed by atoms with Crippen molar-refractivity contribution in [1.82, 2.24) is 15.3 Å². The Balaban J connectivity index is 1.74. The molecule has 0 aliphatic heterocycles. The monoisotopic (exact) mass is 388 g/mol. The number of nitrogens with one attached hydrogen (secondary N) is 2. The van der Waals surface area contributed by atoms with Gasteiger partial charge in [0, 0.05) is 37.0 Å². The fourth-order valence-electron chi connectivity index (χ4n) is 3.06. The minimum Gasteiger partial charge on any atom is -0.348 e. The van der Waals surface area contributed by atoms with Gasteiger partial charge in [0.2, 0.25) is 0 Å². The smallest absolute Gasteiger partial charge is 0.257 e. The molecule has 148 valence electrons. The van der Waals surface area contributed by atoms with Crippen molar-refractivity contribution in [2.75, 3.05) is 5.32 Å². The summed E-state index contributed by atoms with van der Waals surface area (Å²) in [5, 5.41) is 5.83. The van der Waals surface area contributed by atoms with E-state index in [0.717, 1.165) is 35.2 Å². The lowest BCUT2D eigenvalue weighted by Crippen LogP contribution is -2.23. The molecule has 2 N–H and O–H groups in total. The lowest BCUT2D eigenvalue weighted by molar-refractivity contribution is 0.0950. The van der Waals surface area contributed by atoms with Crippen molar-refractivity contribution in [1.29, 1.82) is 0 Å². The highest BCUT2D eigenvalue weighted by atomic mass is 16.2. The zero-order chi connectivity index (χ0) is 20.6. The second-order valence-corrected chi connectivity index (χ2v) is 6.61. The average Bonchev–Trinajstić information content (AvgIpc) is 2.78. The summed E-state index contributed by atoms with van der Waals surface area (Å²) in [5.41, 5.74) is 4.63. The minimum absolute atomic E-state index is 0.281. The number of pyridine rings is 2. The van der Waals surface area contributed by atoms with Crippen LogP contribution in [0.2, 0.25) is 0 Å². The SMILES string of the molecule is CCc1cccc(CC)c1NC(=O)c1cncc(C(=O)NCc2ccncc2)c1. The van der Waals surface area contributed by atoms with Crippen LogP contribution in [0, 0.1) is 0 Å². The maximum absolute atomic E-state index is 12.8. The molecule has 3 aromatic rings. The van der Waals surface area contributed by atoms with E-state index in [4.69, 9.17) is 0 Å². The quantitative estimate of drug-likeness (QED) is 0.645. The fourth-order valence-corrected chi connectivity index (χ4v) is 3.06. The lowest BCUT2D eigenvalue weighted by atomic mass is 10.0. The third-order valence-corrected chi connectivity index (χ3v) is 4.70. The van der Waals surface area contributed by atoms with E-state index in [1.807, 2.05) is 30.3 Å². The average molecular weight is 388 g/mol. The Kier molecular flexibility index (Phi) is 6.68. The van der Waals surface area contributed by atoms with Crippen molar-refractivity contribution in [3.8, 4) is 0 Å². The van der Waals surface area contributed by atoms with Gasteiger partial charge in [-0.1, -0.05) is 32.0 Å². The maximum atomic E-state index is 12.8. The summed E-state index contributed by atoms with van der Waals surface area (Å²) in [5.74, 6) is -0.566. The van der Waals surface area contributed by atoms with E-state index in [0.29, 0.717) is 17.7 Å². The van der Waals surface area contributed by atoms with Crippen LogP contribution in [0.1, 0.15) is 51.3 Å². The Labute approximate surface area is 170 Å². The molecular weight excluding hydrogens is 364 g/mol. The molecule has 0 radical (unpaired) electrons. The van der Waals surface area contributed by atoms with Gasteiger partial charge in [-0.2, -0.15) is 0 Å². The fraction of sp³-hybridized carbons (Fsp3) is 0.217. The lowest BCUT2D eigenvalue weighted by Gasteiger charge is -2.14. The number of aryl methyl sites for hydroxylation is 2. The molecular formula is C23H24N4O2. The first-order valence-electron chi connectivity index (χ1n) is 9.66. The normalized spacial score (nSPS) is 10.4. The van der Waals surface area contributed by atoms with Crippen LogP contribution >= 0.6 is 0 Å². The van der Waals surface area contributed by atoms with Crippen LogP contribution in [0.4, 0.5) is 5.69 Å². The maximum Gasteiger partial charge on any atom is 0.257 e. The number of hydrogen-bond acceptors (Lipinski definition) is 4. The van der Waals surface area contributed by atoms with Gasteiger partial charge in [-0.15, -0.1) is 0 Å². The van der Waals surface area contributed by atoms with Gasteiger partial charge in [0.15, 0.2) is 0 Å². The predicted octanol–water partition coefficient (Wildman–Crippen LogP) is 3.78. The number of aromatic nitrogens is 2. The third-order valence-electron chi connectivity index (χ3n) is 4.70. The van der Waals surface area contributed by atoms with Crippen molar-refractivity contribution in [3.05, 3.63) is 89.0 Å². The molecule has 6 heteroatoms. The van der Waals surface area contributed by atoms with E-state index in [1.54, 1.807) is 18.5 Å². The predicted molar refractivity (Wildman–Crippen MR) is 113 cm³/mol. The van der Waals surface area contributed by atoms with Crippen molar-refractivity contribution in [3.63, 3.8) is 0 Å². The zero-order valence-corrected chi connectivity index (χ0v) is 16.6. The minimum atomic E-state index is -0.285. The van der Waals surface area contributed by atoms with Crippen LogP contribution in [0.3, 0.4) is 0 Å². The second-order valence-electron chi connectivity index (χ2n) is 6.61. The van der Waals surface area contributed by atoms with Crippen LogP contribution < -0.4 is 10.6 Å². The summed E-state index contributed by atoms with van der Waals surface area (Å²) in [7, 11) is 0. The van der Waals surface area contributed by atoms with Gasteiger partial charge in [0.1, 0.15) is 0 Å². The number of carbonyl (C=O) groups excluding carboxylic acids is 2. The first-order chi connectivity index (χ1) is 14.1. The van der Waals surface area contributed by atoms with E-state index < -0.39 is 0 Å². The Morgan fingerprint density at radius 1 is 0.862 bits per heavy atom. The van der Waals surface area contributed by atoms with Gasteiger partial charge in [0.25, 0.3) is 11.8 Å². The van der Waals surface area contributed by atoms with Gasteiger partial charge in [-0.25, -0.2) is 0 Å². The Bertz CT molecular complexity index is 981. The first kappa shape index (κ1) is 20.2. The summed E-state index contributed by atoms with van der Waals surface area (Å²) in [6, 6.07) is 11.2. The molecule has 2 amide bonds. The Morgan fingerprint density at radius 3 is 2.10 bits per heavy atom. The van der Waals surface area contributed by atoms with Crippen LogP contribution in [-0.4, -0.2) is 21.8 Å². The molecule has 0 fully saturated rings. The van der Waals surface area contributed by atoms with Gasteiger partial charge >= 0.3 is 0 Å². The number of rotatable bonds is 7. The molecule has 1 aromatic carbocycles. The number of amides is 2. The van der Waals surface area contributed by atoms with Crippen molar-refractivity contribution >= 4 is 17.5 Å². The Hall–Kier alpha value is -3.54. The number of nitrogens with zero attached hydrogens (tertiary/aromatic N) is 2. The van der Waals surface area contributed by atoms with Crippen LogP contribution in [0.25, 0.3) is 0 Å². The Morgan fingerprint density at radius 2 is 1.48 bits per heavy atom. The van der Waals surface area contributed by atoms with E-state index in [1.165, 1.54) is 12.4 Å². The molecule has 0 spiro atoms. The van der Waals surface area contributed by atoms with E-state index >= 15 is 0 Å². The summed E-state index contributed by atoms with van der Waals surface area (Å²) in [4.78, 5) is 33.3. The van der Waals surface area contributed by atoms with E-state index in [9.17, 15) is 9.59 Å². The van der Waals surface area contributed by atoms with Crippen LogP contribution in [0.15, 0.2) is 61.2 Å². The summed E-state index contributed by atoms with van der Waals surface area (Å²) in [6.07, 6.45) is 7.91. The molecule has 0 aliphatic rings. The van der Waals surface area contributed by atoms with Crippen LogP contribution in [0.5, 0.6) is 0 Å². The van der Waals surface area contributed by atoms with Crippen molar-refractivity contribution in [2.45, 2.75) is 33.2 Å². The van der Waals surface area contributed by atoms with Crippen LogP contribution in [-0.2, 0) is 19.4 Å².